The minimum absolute atomic E-state index is 0.0376. The van der Waals surface area contributed by atoms with Crippen molar-refractivity contribution in [3.8, 4) is 0 Å². The largest absolute Gasteiger partial charge is 0.334 e. The molecule has 0 saturated carbocycles. The first-order chi connectivity index (χ1) is 14.6. The van der Waals surface area contributed by atoms with Crippen molar-refractivity contribution in [2.24, 2.45) is 7.05 Å². The van der Waals surface area contributed by atoms with Crippen molar-refractivity contribution >= 4 is 17.5 Å². The smallest absolute Gasteiger partial charge is 0.237 e. The summed E-state index contributed by atoms with van der Waals surface area (Å²) in [6, 6.07) is 9.31. The average Bonchev–Trinajstić information content (AvgIpc) is 3.51. The van der Waals surface area contributed by atoms with Crippen LogP contribution in [0.3, 0.4) is 0 Å². The van der Waals surface area contributed by atoms with E-state index >= 15 is 0 Å². The molecule has 1 spiro atoms. The Morgan fingerprint density at radius 3 is 2.90 bits per heavy atom. The lowest BCUT2D eigenvalue weighted by Gasteiger charge is -2.33. The number of para-hydroxylation sites is 1. The first kappa shape index (κ1) is 18.6. The van der Waals surface area contributed by atoms with Crippen LogP contribution >= 0.6 is 0 Å². The van der Waals surface area contributed by atoms with Crippen molar-refractivity contribution in [1.29, 1.82) is 0 Å². The van der Waals surface area contributed by atoms with Gasteiger partial charge in [-0.2, -0.15) is 10.2 Å². The number of nitrogens with one attached hydrogen (secondary N) is 1. The first-order valence-electron chi connectivity index (χ1n) is 10.3. The summed E-state index contributed by atoms with van der Waals surface area (Å²) in [5.74, 6) is 0.0226. The Morgan fingerprint density at radius 1 is 1.27 bits per heavy atom. The molecule has 0 unspecified atom stereocenters. The summed E-state index contributed by atoms with van der Waals surface area (Å²) in [7, 11) is 1.85. The van der Waals surface area contributed by atoms with E-state index in [-0.39, 0.29) is 17.9 Å². The van der Waals surface area contributed by atoms with Crippen molar-refractivity contribution in [2.45, 2.75) is 37.3 Å². The minimum Gasteiger partial charge on any atom is -0.334 e. The van der Waals surface area contributed by atoms with Gasteiger partial charge in [0.05, 0.1) is 12.2 Å². The highest BCUT2D eigenvalue weighted by Crippen LogP contribution is 2.54. The second-order valence-electron chi connectivity index (χ2n) is 8.03. The van der Waals surface area contributed by atoms with Gasteiger partial charge in [-0.25, -0.2) is 0 Å². The van der Waals surface area contributed by atoms with E-state index in [1.807, 2.05) is 59.4 Å². The molecule has 2 aromatic heterocycles. The number of hydrogen-bond donors (Lipinski definition) is 1. The van der Waals surface area contributed by atoms with Gasteiger partial charge in [0.2, 0.25) is 11.8 Å². The van der Waals surface area contributed by atoms with Gasteiger partial charge in [0, 0.05) is 56.4 Å². The maximum absolute atomic E-state index is 13.3. The summed E-state index contributed by atoms with van der Waals surface area (Å²) in [6.45, 7) is 1.24. The van der Waals surface area contributed by atoms with Crippen LogP contribution < -0.4 is 5.32 Å². The molecular formula is C22H24N6O2. The summed E-state index contributed by atoms with van der Waals surface area (Å²) < 4.78 is 3.55. The number of anilines is 1. The van der Waals surface area contributed by atoms with Crippen LogP contribution in [0.5, 0.6) is 0 Å². The molecule has 2 amide bonds. The topological polar surface area (TPSA) is 85.0 Å². The van der Waals surface area contributed by atoms with Crippen LogP contribution in [0.15, 0.2) is 55.1 Å². The molecule has 8 heteroatoms. The Kier molecular flexibility index (Phi) is 4.42. The van der Waals surface area contributed by atoms with Crippen LogP contribution in [-0.4, -0.2) is 42.8 Å². The van der Waals surface area contributed by atoms with E-state index in [2.05, 4.69) is 15.5 Å². The van der Waals surface area contributed by atoms with Crippen molar-refractivity contribution in [3.63, 3.8) is 0 Å². The standard InChI is InChI=1S/C22H24N6O2/c1-26-15-16(14-24-26)20-22(17-6-2-3-7-18(17)25-21(22)30)9-13-28(20)19(29)8-4-11-27-12-5-10-23-27/h2-3,5-7,10,12,14-15,20H,4,8-9,11,13H2,1H3,(H,25,30)/t20-,22+/m0/s1. The van der Waals surface area contributed by atoms with Crippen LogP contribution in [0.1, 0.15) is 36.4 Å². The molecule has 4 heterocycles. The Morgan fingerprint density at radius 2 is 2.13 bits per heavy atom. The number of aromatic nitrogens is 4. The molecule has 1 fully saturated rings. The number of aryl methyl sites for hydroxylation is 2. The number of carbonyl (C=O) groups is 2. The zero-order valence-corrected chi connectivity index (χ0v) is 16.9. The van der Waals surface area contributed by atoms with Crippen molar-refractivity contribution in [3.05, 3.63) is 66.2 Å². The summed E-state index contributed by atoms with van der Waals surface area (Å²) >= 11 is 0. The zero-order chi connectivity index (χ0) is 20.7. The lowest BCUT2D eigenvalue weighted by Crippen LogP contribution is -2.42. The average molecular weight is 404 g/mol. The van der Waals surface area contributed by atoms with Gasteiger partial charge < -0.3 is 10.2 Å². The van der Waals surface area contributed by atoms with Crippen LogP contribution in [0.25, 0.3) is 0 Å². The fourth-order valence-corrected chi connectivity index (χ4v) is 4.97. The third-order valence-electron chi connectivity index (χ3n) is 6.28. The quantitative estimate of drug-likeness (QED) is 0.707. The highest BCUT2D eigenvalue weighted by molar-refractivity contribution is 6.07. The number of fused-ring (bicyclic) bond motifs is 2. The monoisotopic (exact) mass is 404 g/mol. The molecule has 154 valence electrons. The van der Waals surface area contributed by atoms with Crippen molar-refractivity contribution < 1.29 is 9.59 Å². The molecule has 0 bridgehead atoms. The lowest BCUT2D eigenvalue weighted by atomic mass is 9.73. The Hall–Kier alpha value is -3.42. The molecule has 1 saturated heterocycles. The molecule has 30 heavy (non-hydrogen) atoms. The van der Waals surface area contributed by atoms with Gasteiger partial charge >= 0.3 is 0 Å². The Balaban J connectivity index is 1.47. The number of nitrogens with zero attached hydrogens (tertiary/aromatic N) is 5. The predicted octanol–water partition coefficient (Wildman–Crippen LogP) is 2.26. The van der Waals surface area contributed by atoms with E-state index in [1.54, 1.807) is 17.1 Å². The van der Waals surface area contributed by atoms with Crippen molar-refractivity contribution in [2.75, 3.05) is 11.9 Å². The maximum atomic E-state index is 13.3. The SMILES string of the molecule is Cn1cc([C@@H]2N(C(=O)CCCn3cccn3)CC[C@]23C(=O)Nc2ccccc23)cn1. The predicted molar refractivity (Wildman–Crippen MR) is 110 cm³/mol. The van der Waals surface area contributed by atoms with E-state index in [1.165, 1.54) is 0 Å². The van der Waals surface area contributed by atoms with Gasteiger partial charge in [-0.15, -0.1) is 0 Å². The van der Waals surface area contributed by atoms with Gasteiger partial charge in [0.1, 0.15) is 5.41 Å². The molecule has 2 aliphatic heterocycles. The normalized spacial score (nSPS) is 22.5. The van der Waals surface area contributed by atoms with Crippen LogP contribution in [0.2, 0.25) is 0 Å². The van der Waals surface area contributed by atoms with E-state index in [0.29, 0.717) is 32.4 Å². The third-order valence-corrected chi connectivity index (χ3v) is 6.28. The maximum Gasteiger partial charge on any atom is 0.237 e. The van der Waals surface area contributed by atoms with E-state index in [9.17, 15) is 9.59 Å². The van der Waals surface area contributed by atoms with Gasteiger partial charge in [-0.05, 0) is 30.5 Å². The number of amides is 2. The second-order valence-corrected chi connectivity index (χ2v) is 8.03. The fraction of sp³-hybridized carbons (Fsp3) is 0.364. The molecular weight excluding hydrogens is 380 g/mol. The number of rotatable bonds is 5. The highest BCUT2D eigenvalue weighted by atomic mass is 16.2. The van der Waals surface area contributed by atoms with Gasteiger partial charge in [0.25, 0.3) is 0 Å². The number of benzene rings is 1. The molecule has 1 aromatic carbocycles. The zero-order valence-electron chi connectivity index (χ0n) is 16.9. The molecule has 2 atom stereocenters. The number of carbonyl (C=O) groups excluding carboxylic acids is 2. The molecule has 0 radical (unpaired) electrons. The van der Waals surface area contributed by atoms with Gasteiger partial charge in [-0.1, -0.05) is 18.2 Å². The second kappa shape index (κ2) is 7.12. The molecule has 0 aliphatic carbocycles. The van der Waals surface area contributed by atoms with Gasteiger partial charge in [0.15, 0.2) is 0 Å². The number of hydrogen-bond acceptors (Lipinski definition) is 4. The highest BCUT2D eigenvalue weighted by Gasteiger charge is 2.59. The lowest BCUT2D eigenvalue weighted by molar-refractivity contribution is -0.133. The van der Waals surface area contributed by atoms with E-state index in [4.69, 9.17) is 0 Å². The first-order valence-corrected chi connectivity index (χ1v) is 10.3. The molecule has 3 aromatic rings. The summed E-state index contributed by atoms with van der Waals surface area (Å²) in [5.41, 5.74) is 1.92. The summed E-state index contributed by atoms with van der Waals surface area (Å²) in [4.78, 5) is 28.4. The summed E-state index contributed by atoms with van der Waals surface area (Å²) in [6.07, 6.45) is 9.03. The van der Waals surface area contributed by atoms with Crippen molar-refractivity contribution in [1.82, 2.24) is 24.5 Å². The molecule has 2 aliphatic rings. The van der Waals surface area contributed by atoms with E-state index in [0.717, 1.165) is 16.8 Å². The molecule has 5 rings (SSSR count). The number of likely N-dealkylation sites (tertiary alicyclic amines) is 1. The van der Waals surface area contributed by atoms with E-state index < -0.39 is 5.41 Å². The Bertz CT molecular complexity index is 1090. The fourth-order valence-electron chi connectivity index (χ4n) is 4.97. The van der Waals surface area contributed by atoms with Gasteiger partial charge in [-0.3, -0.25) is 19.0 Å². The van der Waals surface area contributed by atoms with Crippen LogP contribution in [0.4, 0.5) is 5.69 Å². The minimum atomic E-state index is -0.780. The molecule has 8 nitrogen and oxygen atoms in total. The Labute approximate surface area is 174 Å². The summed E-state index contributed by atoms with van der Waals surface area (Å²) in [5, 5.41) is 11.6. The van der Waals surface area contributed by atoms with Crippen LogP contribution in [0, 0.1) is 0 Å². The molecule has 1 N–H and O–H groups in total. The van der Waals surface area contributed by atoms with Crippen LogP contribution in [-0.2, 0) is 28.6 Å². The third kappa shape index (κ3) is 2.82.